The first-order valence-corrected chi connectivity index (χ1v) is 12.9. The lowest BCUT2D eigenvalue weighted by Crippen LogP contribution is -2.27. The number of nitrogens with two attached hydrogens (primary N) is 1. The van der Waals surface area contributed by atoms with Crippen molar-refractivity contribution in [1.82, 2.24) is 14.5 Å². The average Bonchev–Trinajstić information content (AvgIpc) is 3.43. The van der Waals surface area contributed by atoms with E-state index in [2.05, 4.69) is 9.98 Å². The fourth-order valence-electron chi connectivity index (χ4n) is 4.39. The number of aliphatic imine (C=N–C) groups is 1. The monoisotopic (exact) mass is 559 g/mol. The third kappa shape index (κ3) is 5.51. The Morgan fingerprint density at radius 3 is 2.53 bits per heavy atom. The molecule has 1 atom stereocenters. The quantitative estimate of drug-likeness (QED) is 0.390. The molecule has 0 radical (unpaired) electrons. The van der Waals surface area contributed by atoms with Gasteiger partial charge in [0.25, 0.3) is 5.56 Å². The first-order chi connectivity index (χ1) is 18.3. The van der Waals surface area contributed by atoms with Crippen LogP contribution in [0.1, 0.15) is 18.2 Å². The molecule has 1 aliphatic heterocycles. The summed E-state index contributed by atoms with van der Waals surface area (Å²) in [4.78, 5) is 25.3. The molecule has 202 valence electrons. The molecule has 2 aromatic heterocycles. The van der Waals surface area contributed by atoms with E-state index in [0.29, 0.717) is 65.6 Å². The fourth-order valence-corrected chi connectivity index (χ4v) is 5.10. The molecule has 0 bridgehead atoms. The zero-order chi connectivity index (χ0) is 27.4. The van der Waals surface area contributed by atoms with Crippen LogP contribution in [0.5, 0.6) is 11.5 Å². The molecule has 1 saturated heterocycles. The number of likely N-dealkylation sites (N-methyl/N-ethyl adjacent to an activating group) is 1. The highest BCUT2D eigenvalue weighted by molar-refractivity contribution is 6.41. The molecule has 0 spiro atoms. The molecule has 0 saturated carbocycles. The van der Waals surface area contributed by atoms with E-state index >= 15 is 0 Å². The van der Waals surface area contributed by atoms with Gasteiger partial charge in [0.15, 0.2) is 0 Å². The number of halogens is 2. The smallest absolute Gasteiger partial charge is 0.259 e. The van der Waals surface area contributed by atoms with Crippen molar-refractivity contribution in [3.63, 3.8) is 0 Å². The van der Waals surface area contributed by atoms with Crippen LogP contribution in [-0.4, -0.2) is 75.3 Å². The standard InChI is InChI=1S/C27H31Cl2N5O4/c1-33(2)7-6-31-13-17(12-30)20-10-21-16(14-32-20)9-19(27(35)34(21)18-5-8-38-15-18)24-25(28)22(36-3)11-23(37-4)26(24)29/h9-14,18H,5-8,15,30H2,1-4H3. The first kappa shape index (κ1) is 27.9. The summed E-state index contributed by atoms with van der Waals surface area (Å²) in [6.45, 7) is 2.40. The summed E-state index contributed by atoms with van der Waals surface area (Å²) in [6.07, 6.45) is 5.56. The van der Waals surface area contributed by atoms with E-state index in [1.807, 2.05) is 25.1 Å². The van der Waals surface area contributed by atoms with Crippen molar-refractivity contribution in [1.29, 1.82) is 0 Å². The van der Waals surface area contributed by atoms with Gasteiger partial charge < -0.3 is 29.4 Å². The van der Waals surface area contributed by atoms with E-state index in [0.717, 1.165) is 11.9 Å². The highest BCUT2D eigenvalue weighted by Crippen LogP contribution is 2.45. The molecule has 4 rings (SSSR count). The van der Waals surface area contributed by atoms with Gasteiger partial charge in [-0.2, -0.15) is 0 Å². The molecule has 0 amide bonds. The van der Waals surface area contributed by atoms with E-state index < -0.39 is 0 Å². The highest BCUT2D eigenvalue weighted by Gasteiger charge is 2.27. The maximum atomic E-state index is 14.1. The minimum Gasteiger partial charge on any atom is -0.495 e. The summed E-state index contributed by atoms with van der Waals surface area (Å²) >= 11 is 13.4. The van der Waals surface area contributed by atoms with E-state index in [9.17, 15) is 4.79 Å². The number of aromatic nitrogens is 2. The molecule has 3 heterocycles. The molecular weight excluding hydrogens is 529 g/mol. The van der Waals surface area contributed by atoms with E-state index in [1.54, 1.807) is 29.1 Å². The van der Waals surface area contributed by atoms with Crippen molar-refractivity contribution >= 4 is 45.9 Å². The van der Waals surface area contributed by atoms with Gasteiger partial charge in [0, 0.05) is 54.4 Å². The van der Waals surface area contributed by atoms with Gasteiger partial charge >= 0.3 is 0 Å². The van der Waals surface area contributed by atoms with Crippen molar-refractivity contribution in [2.45, 2.75) is 12.5 Å². The fraction of sp³-hybridized carbons (Fsp3) is 0.370. The Hall–Kier alpha value is -3.11. The Balaban J connectivity index is 1.93. The molecule has 11 heteroatoms. The molecule has 0 aliphatic carbocycles. The Morgan fingerprint density at radius 1 is 1.24 bits per heavy atom. The van der Waals surface area contributed by atoms with Gasteiger partial charge in [0.2, 0.25) is 0 Å². The van der Waals surface area contributed by atoms with Crippen molar-refractivity contribution in [2.75, 3.05) is 54.6 Å². The summed E-state index contributed by atoms with van der Waals surface area (Å²) < 4.78 is 18.2. The number of methoxy groups -OCH3 is 2. The highest BCUT2D eigenvalue weighted by atomic mass is 35.5. The largest absolute Gasteiger partial charge is 0.495 e. The Morgan fingerprint density at radius 2 is 1.95 bits per heavy atom. The number of hydrogen-bond acceptors (Lipinski definition) is 8. The lowest BCUT2D eigenvalue weighted by molar-refractivity contribution is 0.186. The Labute approximate surface area is 231 Å². The Kier molecular flexibility index (Phi) is 8.94. The summed E-state index contributed by atoms with van der Waals surface area (Å²) in [7, 11) is 6.96. The summed E-state index contributed by atoms with van der Waals surface area (Å²) in [5.74, 6) is 0.691. The topological polar surface area (TPSA) is 104 Å². The van der Waals surface area contributed by atoms with E-state index in [1.165, 1.54) is 20.4 Å². The zero-order valence-corrected chi connectivity index (χ0v) is 23.3. The second-order valence-electron chi connectivity index (χ2n) is 9.12. The number of benzene rings is 1. The van der Waals surface area contributed by atoms with Crippen molar-refractivity contribution in [3.8, 4) is 22.6 Å². The second kappa shape index (κ2) is 12.2. The van der Waals surface area contributed by atoms with Crippen LogP contribution in [0.3, 0.4) is 0 Å². The molecular formula is C27H31Cl2N5O4. The van der Waals surface area contributed by atoms with Gasteiger partial charge in [-0.1, -0.05) is 23.2 Å². The van der Waals surface area contributed by atoms with E-state index in [4.69, 9.17) is 43.1 Å². The van der Waals surface area contributed by atoms with Crippen LogP contribution in [0.15, 0.2) is 40.4 Å². The minimum absolute atomic E-state index is 0.177. The molecule has 1 fully saturated rings. The normalized spacial score (nSPS) is 16.2. The molecule has 3 aromatic rings. The number of hydrogen-bond donors (Lipinski definition) is 1. The van der Waals surface area contributed by atoms with E-state index in [-0.39, 0.29) is 21.6 Å². The van der Waals surface area contributed by atoms with Gasteiger partial charge in [0.05, 0.1) is 60.2 Å². The molecule has 9 nitrogen and oxygen atoms in total. The number of ether oxygens (including phenoxy) is 3. The van der Waals surface area contributed by atoms with Gasteiger partial charge in [-0.05, 0) is 32.6 Å². The average molecular weight is 560 g/mol. The third-order valence-corrected chi connectivity index (χ3v) is 7.17. The summed E-state index contributed by atoms with van der Waals surface area (Å²) in [5, 5.41) is 1.16. The zero-order valence-electron chi connectivity index (χ0n) is 21.8. The van der Waals surface area contributed by atoms with Crippen LogP contribution < -0.4 is 20.8 Å². The molecule has 1 unspecified atom stereocenters. The van der Waals surface area contributed by atoms with Crippen LogP contribution in [0, 0.1) is 0 Å². The number of pyridine rings is 2. The number of rotatable bonds is 9. The van der Waals surface area contributed by atoms with Gasteiger partial charge in [-0.3, -0.25) is 14.8 Å². The third-order valence-electron chi connectivity index (χ3n) is 6.42. The number of fused-ring (bicyclic) bond motifs is 1. The van der Waals surface area contributed by atoms with Gasteiger partial charge in [0.1, 0.15) is 11.5 Å². The number of allylic oxidation sites excluding steroid dienone is 1. The maximum absolute atomic E-state index is 14.1. The predicted octanol–water partition coefficient (Wildman–Crippen LogP) is 4.28. The van der Waals surface area contributed by atoms with Gasteiger partial charge in [-0.15, -0.1) is 0 Å². The van der Waals surface area contributed by atoms with Crippen molar-refractivity contribution < 1.29 is 14.2 Å². The second-order valence-corrected chi connectivity index (χ2v) is 9.88. The lowest BCUT2D eigenvalue weighted by atomic mass is 10.0. The Bertz CT molecular complexity index is 1420. The van der Waals surface area contributed by atoms with Crippen molar-refractivity contribution in [3.05, 3.63) is 56.7 Å². The van der Waals surface area contributed by atoms with Crippen LogP contribution in [0.25, 0.3) is 27.6 Å². The van der Waals surface area contributed by atoms with Crippen LogP contribution in [0.4, 0.5) is 0 Å². The van der Waals surface area contributed by atoms with Crippen LogP contribution >= 0.6 is 23.2 Å². The predicted molar refractivity (Wildman–Crippen MR) is 153 cm³/mol. The SMILES string of the molecule is COc1cc(OC)c(Cl)c(-c2cc3cnc(C(C=NCCN(C)C)=CN)cc3n(C3CCOC3)c2=O)c1Cl. The van der Waals surface area contributed by atoms with Crippen LogP contribution in [-0.2, 0) is 4.74 Å². The number of nitrogens with zero attached hydrogens (tertiary/aromatic N) is 4. The first-order valence-electron chi connectivity index (χ1n) is 12.1. The molecule has 38 heavy (non-hydrogen) atoms. The molecule has 1 aromatic carbocycles. The van der Waals surface area contributed by atoms with Gasteiger partial charge in [-0.25, -0.2) is 0 Å². The minimum atomic E-state index is -0.262. The maximum Gasteiger partial charge on any atom is 0.259 e. The van der Waals surface area contributed by atoms with Crippen molar-refractivity contribution in [2.24, 2.45) is 10.7 Å². The molecule has 1 aliphatic rings. The lowest BCUT2D eigenvalue weighted by Gasteiger charge is -2.20. The molecule has 2 N–H and O–H groups in total. The van der Waals surface area contributed by atoms with Crippen LogP contribution in [0.2, 0.25) is 10.0 Å². The summed E-state index contributed by atoms with van der Waals surface area (Å²) in [6, 6.07) is 5.01. The summed E-state index contributed by atoms with van der Waals surface area (Å²) in [5.41, 5.74) is 8.26.